The van der Waals surface area contributed by atoms with Gasteiger partial charge in [0.15, 0.2) is 0 Å². The summed E-state index contributed by atoms with van der Waals surface area (Å²) < 4.78 is 0. The smallest absolute Gasteiger partial charge is 0.216 e. The molecule has 5 heteroatoms. The monoisotopic (exact) mass is 303 g/mol. The minimum atomic E-state index is 0. The number of rotatable bonds is 5. The van der Waals surface area contributed by atoms with Crippen molar-refractivity contribution in [2.45, 2.75) is 39.0 Å². The number of nitrogens with zero attached hydrogens (tertiary/aromatic N) is 1. The van der Waals surface area contributed by atoms with Crippen molar-refractivity contribution in [3.63, 3.8) is 0 Å². The number of piperidine rings is 2. The molecule has 0 radical (unpaired) electrons. The Bertz CT molecular complexity index is 274. The molecule has 2 N–H and O–H groups in total. The molecule has 4 nitrogen and oxygen atoms in total. The fourth-order valence-corrected chi connectivity index (χ4v) is 3.24. The van der Waals surface area contributed by atoms with Crippen LogP contribution in [0.15, 0.2) is 0 Å². The van der Waals surface area contributed by atoms with E-state index in [4.69, 9.17) is 0 Å². The van der Waals surface area contributed by atoms with E-state index in [9.17, 15) is 4.79 Å². The van der Waals surface area contributed by atoms with Crippen molar-refractivity contribution in [2.24, 2.45) is 11.8 Å². The predicted molar refractivity (Wildman–Crippen MR) is 85.3 cm³/mol. The molecule has 0 aliphatic carbocycles. The van der Waals surface area contributed by atoms with Crippen LogP contribution in [0, 0.1) is 11.8 Å². The molecule has 20 heavy (non-hydrogen) atoms. The highest BCUT2D eigenvalue weighted by atomic mass is 35.5. The molecular formula is C15H30ClN3O. The molecule has 0 aromatic rings. The van der Waals surface area contributed by atoms with Gasteiger partial charge in [0, 0.05) is 13.5 Å². The lowest BCUT2D eigenvalue weighted by atomic mass is 9.93. The molecule has 2 aliphatic heterocycles. The minimum Gasteiger partial charge on any atom is -0.356 e. The lowest BCUT2D eigenvalue weighted by molar-refractivity contribution is -0.119. The summed E-state index contributed by atoms with van der Waals surface area (Å²) in [6.45, 7) is 8.61. The number of likely N-dealkylation sites (tertiary alicyclic amines) is 1. The van der Waals surface area contributed by atoms with Crippen LogP contribution >= 0.6 is 12.4 Å². The van der Waals surface area contributed by atoms with Crippen LogP contribution in [0.5, 0.6) is 0 Å². The molecule has 0 unspecified atom stereocenters. The van der Waals surface area contributed by atoms with Gasteiger partial charge in [-0.05, 0) is 76.7 Å². The van der Waals surface area contributed by atoms with Gasteiger partial charge >= 0.3 is 0 Å². The van der Waals surface area contributed by atoms with Gasteiger partial charge in [0.05, 0.1) is 0 Å². The van der Waals surface area contributed by atoms with E-state index in [-0.39, 0.29) is 18.3 Å². The maximum atomic E-state index is 10.9. The number of carbonyl (C=O) groups is 1. The molecule has 2 saturated heterocycles. The second-order valence-electron chi connectivity index (χ2n) is 6.20. The highest BCUT2D eigenvalue weighted by Gasteiger charge is 2.20. The minimum absolute atomic E-state index is 0. The van der Waals surface area contributed by atoms with Crippen LogP contribution in [0.1, 0.15) is 39.0 Å². The second-order valence-corrected chi connectivity index (χ2v) is 6.20. The van der Waals surface area contributed by atoms with Crippen LogP contribution in [0.2, 0.25) is 0 Å². The Morgan fingerprint density at radius 2 is 1.80 bits per heavy atom. The van der Waals surface area contributed by atoms with E-state index in [2.05, 4.69) is 15.5 Å². The summed E-state index contributed by atoms with van der Waals surface area (Å²) >= 11 is 0. The largest absolute Gasteiger partial charge is 0.356 e. The zero-order valence-corrected chi connectivity index (χ0v) is 13.5. The number of halogens is 1. The van der Waals surface area contributed by atoms with Crippen LogP contribution in [-0.4, -0.2) is 50.1 Å². The standard InChI is InChI=1S/C15H29N3O.ClH/c1-13(19)17-12-15-5-10-18(11-6-15)9-4-14-2-7-16-8-3-14;/h14-16H,2-12H2,1H3,(H,17,19);1H. The fourth-order valence-electron chi connectivity index (χ4n) is 3.24. The first-order chi connectivity index (χ1) is 9.24. The van der Waals surface area contributed by atoms with E-state index in [1.54, 1.807) is 6.92 Å². The van der Waals surface area contributed by atoms with Crippen molar-refractivity contribution in [1.82, 2.24) is 15.5 Å². The number of amides is 1. The Balaban J connectivity index is 0.00000200. The van der Waals surface area contributed by atoms with Gasteiger partial charge in [-0.1, -0.05) is 0 Å². The summed E-state index contributed by atoms with van der Waals surface area (Å²) in [6.07, 6.45) is 6.58. The summed E-state index contributed by atoms with van der Waals surface area (Å²) in [7, 11) is 0. The van der Waals surface area contributed by atoms with E-state index < -0.39 is 0 Å². The number of hydrogen-bond donors (Lipinski definition) is 2. The molecule has 118 valence electrons. The molecule has 0 spiro atoms. The average molecular weight is 304 g/mol. The van der Waals surface area contributed by atoms with E-state index >= 15 is 0 Å². The van der Waals surface area contributed by atoms with Crippen molar-refractivity contribution in [3.05, 3.63) is 0 Å². The summed E-state index contributed by atoms with van der Waals surface area (Å²) in [4.78, 5) is 13.5. The maximum absolute atomic E-state index is 10.9. The molecular weight excluding hydrogens is 274 g/mol. The SMILES string of the molecule is CC(=O)NCC1CCN(CCC2CCNCC2)CC1.Cl. The maximum Gasteiger partial charge on any atom is 0.216 e. The molecule has 2 rings (SSSR count). The summed E-state index contributed by atoms with van der Waals surface area (Å²) in [6, 6.07) is 0. The lowest BCUT2D eigenvalue weighted by Gasteiger charge is -2.33. The van der Waals surface area contributed by atoms with Gasteiger partial charge in [0.25, 0.3) is 0 Å². The Hall–Kier alpha value is -0.320. The zero-order valence-electron chi connectivity index (χ0n) is 12.7. The number of carbonyl (C=O) groups excluding carboxylic acids is 1. The van der Waals surface area contributed by atoms with E-state index in [1.807, 2.05) is 0 Å². The first-order valence-electron chi connectivity index (χ1n) is 7.91. The van der Waals surface area contributed by atoms with Gasteiger partial charge in [-0.2, -0.15) is 0 Å². The normalized spacial score (nSPS) is 22.2. The van der Waals surface area contributed by atoms with Crippen molar-refractivity contribution in [3.8, 4) is 0 Å². The van der Waals surface area contributed by atoms with Crippen molar-refractivity contribution < 1.29 is 4.79 Å². The summed E-state index contributed by atoms with van der Waals surface area (Å²) in [5.41, 5.74) is 0. The van der Waals surface area contributed by atoms with Crippen molar-refractivity contribution in [2.75, 3.05) is 39.3 Å². The van der Waals surface area contributed by atoms with Gasteiger partial charge in [0.2, 0.25) is 5.91 Å². The van der Waals surface area contributed by atoms with Gasteiger partial charge in [-0.15, -0.1) is 12.4 Å². The number of nitrogens with one attached hydrogen (secondary N) is 2. The summed E-state index contributed by atoms with van der Waals surface area (Å²) in [5.74, 6) is 1.74. The average Bonchev–Trinajstić information content (AvgIpc) is 2.45. The van der Waals surface area contributed by atoms with E-state index in [0.29, 0.717) is 5.92 Å². The lowest BCUT2D eigenvalue weighted by Crippen LogP contribution is -2.39. The topological polar surface area (TPSA) is 44.4 Å². The number of hydrogen-bond acceptors (Lipinski definition) is 3. The first kappa shape index (κ1) is 17.7. The molecule has 0 aromatic carbocycles. The van der Waals surface area contributed by atoms with E-state index in [0.717, 1.165) is 12.5 Å². The second kappa shape index (κ2) is 9.59. The molecule has 2 fully saturated rings. The van der Waals surface area contributed by atoms with Crippen LogP contribution in [0.3, 0.4) is 0 Å². The van der Waals surface area contributed by atoms with Crippen LogP contribution in [0.4, 0.5) is 0 Å². The quantitative estimate of drug-likeness (QED) is 0.812. The molecule has 2 heterocycles. The molecule has 2 aliphatic rings. The van der Waals surface area contributed by atoms with Gasteiger partial charge in [-0.3, -0.25) is 4.79 Å². The molecule has 0 bridgehead atoms. The third-order valence-electron chi connectivity index (χ3n) is 4.66. The Kier molecular flexibility index (Phi) is 8.50. The van der Waals surface area contributed by atoms with Crippen LogP contribution in [-0.2, 0) is 4.79 Å². The van der Waals surface area contributed by atoms with E-state index in [1.165, 1.54) is 64.8 Å². The van der Waals surface area contributed by atoms with Gasteiger partial charge < -0.3 is 15.5 Å². The van der Waals surface area contributed by atoms with Crippen LogP contribution in [0.25, 0.3) is 0 Å². The third kappa shape index (κ3) is 6.42. The van der Waals surface area contributed by atoms with Crippen LogP contribution < -0.4 is 10.6 Å². The highest BCUT2D eigenvalue weighted by molar-refractivity contribution is 5.85. The summed E-state index contributed by atoms with van der Waals surface area (Å²) in [5, 5.41) is 6.38. The predicted octanol–water partition coefficient (Wildman–Crippen LogP) is 1.65. The third-order valence-corrected chi connectivity index (χ3v) is 4.66. The molecule has 1 amide bonds. The highest BCUT2D eigenvalue weighted by Crippen LogP contribution is 2.20. The Morgan fingerprint density at radius 1 is 1.15 bits per heavy atom. The van der Waals surface area contributed by atoms with Crippen molar-refractivity contribution in [1.29, 1.82) is 0 Å². The Labute approximate surface area is 129 Å². The molecule has 0 atom stereocenters. The van der Waals surface area contributed by atoms with Gasteiger partial charge in [-0.25, -0.2) is 0 Å². The zero-order chi connectivity index (χ0) is 13.5. The Morgan fingerprint density at radius 3 is 2.40 bits per heavy atom. The van der Waals surface area contributed by atoms with Crippen molar-refractivity contribution >= 4 is 18.3 Å². The van der Waals surface area contributed by atoms with Gasteiger partial charge in [0.1, 0.15) is 0 Å². The fraction of sp³-hybridized carbons (Fsp3) is 0.933. The molecule has 0 saturated carbocycles. The first-order valence-corrected chi connectivity index (χ1v) is 7.91. The molecule has 0 aromatic heterocycles.